The Kier molecular flexibility index (Phi) is 2.67. The highest BCUT2D eigenvalue weighted by Gasteiger charge is 2.18. The molecule has 0 spiro atoms. The van der Waals surface area contributed by atoms with Gasteiger partial charge in [0.05, 0.1) is 6.54 Å². The van der Waals surface area contributed by atoms with Gasteiger partial charge in [-0.2, -0.15) is 0 Å². The summed E-state index contributed by atoms with van der Waals surface area (Å²) in [4.78, 5) is 31.0. The number of carboxylic acids is 1. The third-order valence-electron chi connectivity index (χ3n) is 2.19. The molecule has 1 aliphatic rings. The maximum Gasteiger partial charge on any atom is 0.374 e. The summed E-state index contributed by atoms with van der Waals surface area (Å²) in [6.45, 7) is 1.34. The van der Waals surface area contributed by atoms with Gasteiger partial charge in [-0.3, -0.25) is 4.79 Å². The van der Waals surface area contributed by atoms with Crippen LogP contribution in [0.5, 0.6) is 0 Å². The number of carbonyl (C=O) groups is 2. The van der Waals surface area contributed by atoms with Crippen LogP contribution in [0.3, 0.4) is 0 Å². The lowest BCUT2D eigenvalue weighted by Crippen LogP contribution is -2.48. The molecule has 84 valence electrons. The van der Waals surface area contributed by atoms with Crippen LogP contribution in [0.25, 0.3) is 0 Å². The Hall–Kier alpha value is -2.18. The molecule has 7 nitrogen and oxygen atoms in total. The van der Waals surface area contributed by atoms with Gasteiger partial charge in [0.1, 0.15) is 5.82 Å². The van der Waals surface area contributed by atoms with Crippen LogP contribution in [-0.2, 0) is 4.79 Å². The van der Waals surface area contributed by atoms with E-state index in [0.29, 0.717) is 18.9 Å². The molecule has 0 atom stereocenters. The van der Waals surface area contributed by atoms with E-state index in [4.69, 9.17) is 5.11 Å². The van der Waals surface area contributed by atoms with Gasteiger partial charge in [-0.15, -0.1) is 0 Å². The molecule has 1 saturated heterocycles. The molecule has 1 aliphatic heterocycles. The molecule has 1 aromatic rings. The van der Waals surface area contributed by atoms with Crippen molar-refractivity contribution in [1.82, 2.24) is 15.3 Å². The van der Waals surface area contributed by atoms with E-state index < -0.39 is 5.97 Å². The van der Waals surface area contributed by atoms with Crippen molar-refractivity contribution in [3.63, 3.8) is 0 Å². The number of anilines is 1. The van der Waals surface area contributed by atoms with E-state index in [9.17, 15) is 9.59 Å². The summed E-state index contributed by atoms with van der Waals surface area (Å²) in [7, 11) is 0. The Morgan fingerprint density at radius 2 is 2.38 bits per heavy atom. The van der Waals surface area contributed by atoms with E-state index in [-0.39, 0.29) is 18.3 Å². The lowest BCUT2D eigenvalue weighted by molar-refractivity contribution is -0.120. The molecule has 1 amide bonds. The first-order valence-corrected chi connectivity index (χ1v) is 4.75. The zero-order valence-corrected chi connectivity index (χ0v) is 8.38. The second-order valence-corrected chi connectivity index (χ2v) is 3.32. The first-order chi connectivity index (χ1) is 7.66. The maximum atomic E-state index is 11.2. The average molecular weight is 222 g/mol. The maximum absolute atomic E-state index is 11.2. The molecule has 0 radical (unpaired) electrons. The molecule has 0 bridgehead atoms. The number of hydrogen-bond donors (Lipinski definition) is 2. The van der Waals surface area contributed by atoms with Gasteiger partial charge < -0.3 is 15.3 Å². The summed E-state index contributed by atoms with van der Waals surface area (Å²) in [5.74, 6) is -1.07. The highest BCUT2D eigenvalue weighted by molar-refractivity contribution is 5.84. The molecule has 16 heavy (non-hydrogen) atoms. The molecule has 2 N–H and O–H groups in total. The highest BCUT2D eigenvalue weighted by atomic mass is 16.4. The minimum Gasteiger partial charge on any atom is -0.475 e. The molecule has 2 rings (SSSR count). The number of carboxylic acid groups (broad SMARTS) is 1. The highest BCUT2D eigenvalue weighted by Crippen LogP contribution is 2.10. The number of hydrogen-bond acceptors (Lipinski definition) is 5. The molecule has 2 heterocycles. The predicted octanol–water partition coefficient (Wildman–Crippen LogP) is -0.889. The summed E-state index contributed by atoms with van der Waals surface area (Å²) < 4.78 is 0. The van der Waals surface area contributed by atoms with Crippen molar-refractivity contribution >= 4 is 17.7 Å². The molecule has 0 unspecified atom stereocenters. The van der Waals surface area contributed by atoms with Crippen molar-refractivity contribution in [2.45, 2.75) is 0 Å². The summed E-state index contributed by atoms with van der Waals surface area (Å²) in [6, 6.07) is 1.59. The number of rotatable bonds is 2. The Morgan fingerprint density at radius 1 is 1.56 bits per heavy atom. The third kappa shape index (κ3) is 2.08. The van der Waals surface area contributed by atoms with E-state index in [1.165, 1.54) is 6.20 Å². The second-order valence-electron chi connectivity index (χ2n) is 3.32. The molecule has 0 aromatic carbocycles. The molecule has 0 aliphatic carbocycles. The van der Waals surface area contributed by atoms with Crippen LogP contribution in [0.4, 0.5) is 5.82 Å². The van der Waals surface area contributed by atoms with Crippen molar-refractivity contribution in [2.24, 2.45) is 0 Å². The average Bonchev–Trinajstić information content (AvgIpc) is 2.29. The van der Waals surface area contributed by atoms with Crippen LogP contribution in [-0.4, -0.2) is 46.6 Å². The predicted molar refractivity (Wildman–Crippen MR) is 54.2 cm³/mol. The van der Waals surface area contributed by atoms with Crippen LogP contribution in [0, 0.1) is 0 Å². The number of nitrogens with zero attached hydrogens (tertiary/aromatic N) is 3. The van der Waals surface area contributed by atoms with Gasteiger partial charge in [-0.05, 0) is 6.07 Å². The minimum atomic E-state index is -1.18. The van der Waals surface area contributed by atoms with E-state index in [1.54, 1.807) is 11.0 Å². The number of nitrogens with one attached hydrogen (secondary N) is 1. The normalized spacial score (nSPS) is 15.8. The molecular formula is C9H10N4O3. The molecule has 1 fully saturated rings. The minimum absolute atomic E-state index is 0.0956. The van der Waals surface area contributed by atoms with Gasteiger partial charge >= 0.3 is 5.97 Å². The number of amides is 1. The molecule has 1 aromatic heterocycles. The second kappa shape index (κ2) is 4.13. The van der Waals surface area contributed by atoms with E-state index >= 15 is 0 Å². The third-order valence-corrected chi connectivity index (χ3v) is 2.19. The standard InChI is InChI=1S/C9H10N4O3/c14-7-5-13(4-3-10-7)6-1-2-11-8(12-6)9(15)16/h1-2H,3-5H2,(H,10,14)(H,15,16). The smallest absolute Gasteiger partial charge is 0.374 e. The van der Waals surface area contributed by atoms with Crippen LogP contribution in [0.15, 0.2) is 12.3 Å². The summed E-state index contributed by atoms with van der Waals surface area (Å²) in [5, 5.41) is 11.4. The molecule has 0 saturated carbocycles. The fourth-order valence-corrected chi connectivity index (χ4v) is 1.46. The van der Waals surface area contributed by atoms with Crippen LogP contribution < -0.4 is 10.2 Å². The van der Waals surface area contributed by atoms with Gasteiger partial charge in [-0.25, -0.2) is 14.8 Å². The molecular weight excluding hydrogens is 212 g/mol. The van der Waals surface area contributed by atoms with Crippen LogP contribution in [0.1, 0.15) is 10.6 Å². The van der Waals surface area contributed by atoms with Gasteiger partial charge in [0.2, 0.25) is 11.7 Å². The monoisotopic (exact) mass is 222 g/mol. The summed E-state index contributed by atoms with van der Waals surface area (Å²) in [5.41, 5.74) is 0. The number of aromatic carboxylic acids is 1. The van der Waals surface area contributed by atoms with E-state index in [0.717, 1.165) is 0 Å². The first kappa shape index (κ1) is 10.3. The topological polar surface area (TPSA) is 95.4 Å². The van der Waals surface area contributed by atoms with Crippen molar-refractivity contribution < 1.29 is 14.7 Å². The largest absolute Gasteiger partial charge is 0.475 e. The SMILES string of the molecule is O=C1CN(c2ccnc(C(=O)O)n2)CCN1. The zero-order valence-electron chi connectivity index (χ0n) is 8.38. The van der Waals surface area contributed by atoms with Gasteiger partial charge in [0, 0.05) is 19.3 Å². The Bertz CT molecular complexity index is 435. The summed E-state index contributed by atoms with van der Waals surface area (Å²) in [6.07, 6.45) is 1.37. The van der Waals surface area contributed by atoms with Crippen LogP contribution in [0.2, 0.25) is 0 Å². The fraction of sp³-hybridized carbons (Fsp3) is 0.333. The summed E-state index contributed by atoms with van der Waals surface area (Å²) >= 11 is 0. The van der Waals surface area contributed by atoms with Crippen molar-refractivity contribution in [2.75, 3.05) is 24.5 Å². The van der Waals surface area contributed by atoms with E-state index in [2.05, 4.69) is 15.3 Å². The van der Waals surface area contributed by atoms with E-state index in [1.807, 2.05) is 0 Å². The van der Waals surface area contributed by atoms with Gasteiger partial charge in [0.25, 0.3) is 0 Å². The van der Waals surface area contributed by atoms with Crippen molar-refractivity contribution in [3.8, 4) is 0 Å². The Morgan fingerprint density at radius 3 is 3.06 bits per heavy atom. The first-order valence-electron chi connectivity index (χ1n) is 4.75. The lowest BCUT2D eigenvalue weighted by atomic mass is 10.3. The Balaban J connectivity index is 2.22. The van der Waals surface area contributed by atoms with Crippen molar-refractivity contribution in [1.29, 1.82) is 0 Å². The van der Waals surface area contributed by atoms with Gasteiger partial charge in [-0.1, -0.05) is 0 Å². The fourth-order valence-electron chi connectivity index (χ4n) is 1.46. The number of carbonyl (C=O) groups excluding carboxylic acids is 1. The number of aromatic nitrogens is 2. The quantitative estimate of drug-likeness (QED) is 0.674. The van der Waals surface area contributed by atoms with Crippen molar-refractivity contribution in [3.05, 3.63) is 18.1 Å². The molecule has 7 heteroatoms. The lowest BCUT2D eigenvalue weighted by Gasteiger charge is -2.27. The van der Waals surface area contributed by atoms with Gasteiger partial charge in [0.15, 0.2) is 0 Å². The number of piperazine rings is 1. The Labute approximate surface area is 91.1 Å². The zero-order chi connectivity index (χ0) is 11.5. The van der Waals surface area contributed by atoms with Crippen LogP contribution >= 0.6 is 0 Å².